The molecule has 1 rings (SSSR count). The Morgan fingerprint density at radius 2 is 1.93 bits per heavy atom. The third-order valence-electron chi connectivity index (χ3n) is 2.84. The summed E-state index contributed by atoms with van der Waals surface area (Å²) in [5.41, 5.74) is 7.15. The van der Waals surface area contributed by atoms with E-state index in [1.54, 1.807) is 0 Å². The van der Waals surface area contributed by atoms with Gasteiger partial charge in [0.25, 0.3) is 0 Å². The minimum atomic E-state index is 0.382. The first-order valence-electron chi connectivity index (χ1n) is 5.78. The Morgan fingerprint density at radius 3 is 2.47 bits per heavy atom. The molecule has 0 radical (unpaired) electrons. The van der Waals surface area contributed by atoms with E-state index in [-0.39, 0.29) is 0 Å². The number of rotatable bonds is 6. The summed E-state index contributed by atoms with van der Waals surface area (Å²) in [6, 6.07) is 10.9. The predicted octanol–water partition coefficient (Wildman–Crippen LogP) is 2.12. The quantitative estimate of drug-likeness (QED) is 0.748. The monoisotopic (exact) mass is 206 g/mol. The molecular weight excluding hydrogens is 184 g/mol. The molecule has 84 valence electrons. The second-order valence-electron chi connectivity index (χ2n) is 4.00. The van der Waals surface area contributed by atoms with E-state index in [2.05, 4.69) is 43.4 Å². The molecule has 0 amide bonds. The highest BCUT2D eigenvalue weighted by Crippen LogP contribution is 2.18. The van der Waals surface area contributed by atoms with Crippen LogP contribution in [0.1, 0.15) is 31.7 Å². The van der Waals surface area contributed by atoms with Gasteiger partial charge in [-0.2, -0.15) is 0 Å². The number of nitrogens with one attached hydrogen (secondary N) is 1. The molecule has 0 aliphatic rings. The van der Waals surface area contributed by atoms with Gasteiger partial charge in [-0.3, -0.25) is 0 Å². The Labute approximate surface area is 92.9 Å². The fraction of sp³-hybridized carbons (Fsp3) is 0.538. The van der Waals surface area contributed by atoms with Crippen molar-refractivity contribution in [3.8, 4) is 0 Å². The Balaban J connectivity index is 2.60. The lowest BCUT2D eigenvalue weighted by molar-refractivity contribution is 0.457. The molecule has 0 saturated heterocycles. The van der Waals surface area contributed by atoms with Crippen LogP contribution in [0.4, 0.5) is 0 Å². The normalized spacial score (nSPS) is 14.9. The average molecular weight is 206 g/mol. The third kappa shape index (κ3) is 3.65. The Bertz CT molecular complexity index is 258. The smallest absolute Gasteiger partial charge is 0.0256 e. The predicted molar refractivity (Wildman–Crippen MR) is 66.0 cm³/mol. The average Bonchev–Trinajstić information content (AvgIpc) is 2.31. The van der Waals surface area contributed by atoms with E-state index >= 15 is 0 Å². The van der Waals surface area contributed by atoms with Gasteiger partial charge in [-0.15, -0.1) is 0 Å². The lowest BCUT2D eigenvalue weighted by atomic mass is 9.93. The van der Waals surface area contributed by atoms with Crippen LogP contribution in [-0.2, 0) is 0 Å². The summed E-state index contributed by atoms with van der Waals surface area (Å²) in [4.78, 5) is 0. The summed E-state index contributed by atoms with van der Waals surface area (Å²) >= 11 is 0. The Kier molecular flexibility index (Phi) is 5.37. The summed E-state index contributed by atoms with van der Waals surface area (Å²) in [7, 11) is 0. The number of hydrogen-bond donors (Lipinski definition) is 2. The van der Waals surface area contributed by atoms with E-state index < -0.39 is 0 Å². The summed E-state index contributed by atoms with van der Waals surface area (Å²) < 4.78 is 0. The van der Waals surface area contributed by atoms with Crippen molar-refractivity contribution in [3.05, 3.63) is 35.9 Å². The number of hydrogen-bond acceptors (Lipinski definition) is 2. The summed E-state index contributed by atoms with van der Waals surface area (Å²) in [5, 5.41) is 3.49. The maximum absolute atomic E-state index is 5.79. The van der Waals surface area contributed by atoms with Gasteiger partial charge >= 0.3 is 0 Å². The molecule has 0 spiro atoms. The van der Waals surface area contributed by atoms with E-state index in [1.165, 1.54) is 5.56 Å². The van der Waals surface area contributed by atoms with Crippen molar-refractivity contribution < 1.29 is 0 Å². The molecular formula is C13H22N2. The molecule has 0 bridgehead atoms. The van der Waals surface area contributed by atoms with E-state index in [0.29, 0.717) is 18.5 Å². The molecule has 0 aliphatic carbocycles. The molecule has 15 heavy (non-hydrogen) atoms. The molecule has 1 aromatic rings. The van der Waals surface area contributed by atoms with Crippen LogP contribution in [0.3, 0.4) is 0 Å². The maximum Gasteiger partial charge on any atom is 0.0256 e. The van der Waals surface area contributed by atoms with Gasteiger partial charge in [0.15, 0.2) is 0 Å². The largest absolute Gasteiger partial charge is 0.329 e. The summed E-state index contributed by atoms with van der Waals surface area (Å²) in [5.74, 6) is 0.475. The van der Waals surface area contributed by atoms with Gasteiger partial charge in [-0.1, -0.05) is 44.2 Å². The van der Waals surface area contributed by atoms with Crippen molar-refractivity contribution in [1.82, 2.24) is 5.32 Å². The maximum atomic E-state index is 5.79. The SMILES string of the molecule is CCCNC(CN)C(C)c1ccccc1. The Hall–Kier alpha value is -0.860. The van der Waals surface area contributed by atoms with Gasteiger partial charge in [0, 0.05) is 12.6 Å². The number of benzene rings is 1. The lowest BCUT2D eigenvalue weighted by Gasteiger charge is -2.24. The van der Waals surface area contributed by atoms with Crippen LogP contribution < -0.4 is 11.1 Å². The molecule has 0 fully saturated rings. The van der Waals surface area contributed by atoms with Crippen molar-refractivity contribution in [1.29, 1.82) is 0 Å². The fourth-order valence-corrected chi connectivity index (χ4v) is 1.78. The van der Waals surface area contributed by atoms with Gasteiger partial charge in [0.1, 0.15) is 0 Å². The Morgan fingerprint density at radius 1 is 1.27 bits per heavy atom. The van der Waals surface area contributed by atoms with Crippen LogP contribution in [-0.4, -0.2) is 19.1 Å². The fourth-order valence-electron chi connectivity index (χ4n) is 1.78. The molecule has 2 unspecified atom stereocenters. The highest BCUT2D eigenvalue weighted by molar-refractivity contribution is 5.20. The van der Waals surface area contributed by atoms with Crippen molar-refractivity contribution in [2.75, 3.05) is 13.1 Å². The van der Waals surface area contributed by atoms with Crippen molar-refractivity contribution >= 4 is 0 Å². The van der Waals surface area contributed by atoms with Crippen molar-refractivity contribution in [3.63, 3.8) is 0 Å². The molecule has 0 aromatic heterocycles. The lowest BCUT2D eigenvalue weighted by Crippen LogP contribution is -2.40. The van der Waals surface area contributed by atoms with Crippen LogP contribution in [0.25, 0.3) is 0 Å². The molecule has 3 N–H and O–H groups in total. The molecule has 0 heterocycles. The van der Waals surface area contributed by atoms with Gasteiger partial charge < -0.3 is 11.1 Å². The van der Waals surface area contributed by atoms with E-state index in [9.17, 15) is 0 Å². The van der Waals surface area contributed by atoms with Gasteiger partial charge in [-0.25, -0.2) is 0 Å². The van der Waals surface area contributed by atoms with Gasteiger partial charge in [0.05, 0.1) is 0 Å². The van der Waals surface area contributed by atoms with Crippen LogP contribution in [0.15, 0.2) is 30.3 Å². The highest BCUT2D eigenvalue weighted by Gasteiger charge is 2.15. The van der Waals surface area contributed by atoms with E-state index in [4.69, 9.17) is 5.73 Å². The van der Waals surface area contributed by atoms with E-state index in [1.807, 2.05) is 6.07 Å². The molecule has 2 atom stereocenters. The van der Waals surface area contributed by atoms with Gasteiger partial charge in [-0.05, 0) is 24.4 Å². The van der Waals surface area contributed by atoms with E-state index in [0.717, 1.165) is 13.0 Å². The zero-order chi connectivity index (χ0) is 11.1. The van der Waals surface area contributed by atoms with Crippen LogP contribution in [0.2, 0.25) is 0 Å². The molecule has 0 aliphatic heterocycles. The molecule has 0 saturated carbocycles. The topological polar surface area (TPSA) is 38.0 Å². The van der Waals surface area contributed by atoms with Crippen LogP contribution in [0, 0.1) is 0 Å². The third-order valence-corrected chi connectivity index (χ3v) is 2.84. The molecule has 1 aromatic carbocycles. The van der Waals surface area contributed by atoms with Crippen LogP contribution in [0.5, 0.6) is 0 Å². The van der Waals surface area contributed by atoms with Gasteiger partial charge in [0.2, 0.25) is 0 Å². The van der Waals surface area contributed by atoms with Crippen molar-refractivity contribution in [2.24, 2.45) is 5.73 Å². The van der Waals surface area contributed by atoms with Crippen LogP contribution >= 0.6 is 0 Å². The standard InChI is InChI=1S/C13H22N2/c1-3-9-15-13(10-14)11(2)12-7-5-4-6-8-12/h4-8,11,13,15H,3,9-10,14H2,1-2H3. The minimum absolute atomic E-state index is 0.382. The number of nitrogens with two attached hydrogens (primary N) is 1. The zero-order valence-corrected chi connectivity index (χ0v) is 9.74. The second-order valence-corrected chi connectivity index (χ2v) is 4.00. The van der Waals surface area contributed by atoms with Crippen molar-refractivity contribution in [2.45, 2.75) is 32.2 Å². The zero-order valence-electron chi connectivity index (χ0n) is 9.74. The first kappa shape index (κ1) is 12.2. The first-order chi connectivity index (χ1) is 7.29. The molecule has 2 nitrogen and oxygen atoms in total. The highest BCUT2D eigenvalue weighted by atomic mass is 14.9. The summed E-state index contributed by atoms with van der Waals surface area (Å²) in [6.45, 7) is 6.14. The summed E-state index contributed by atoms with van der Waals surface area (Å²) in [6.07, 6.45) is 1.15. The second kappa shape index (κ2) is 6.59. The minimum Gasteiger partial charge on any atom is -0.329 e. The molecule has 2 heteroatoms. The first-order valence-corrected chi connectivity index (χ1v) is 5.78.